The van der Waals surface area contributed by atoms with E-state index in [0.29, 0.717) is 18.9 Å². The summed E-state index contributed by atoms with van der Waals surface area (Å²) in [5.74, 6) is 0.474. The summed E-state index contributed by atoms with van der Waals surface area (Å²) < 4.78 is 21.2. The Kier molecular flexibility index (Phi) is 25.8. The quantitative estimate of drug-likeness (QED) is 0.0314. The number of carbonyl (C=O) groups is 1. The molecule has 5 nitrogen and oxygen atoms in total. The Hall–Kier alpha value is -0.820. The molecule has 2 saturated heterocycles. The fraction of sp³-hybridized carbons (Fsp3) is 0.891. The Balaban J connectivity index is 1.35. The van der Waals surface area contributed by atoms with Crippen LogP contribution in [0.25, 0.3) is 0 Å². The summed E-state index contributed by atoms with van der Waals surface area (Å²) in [5.41, 5.74) is 4.48. The van der Waals surface area contributed by atoms with E-state index in [1.54, 1.807) is 11.1 Å². The van der Waals surface area contributed by atoms with Crippen LogP contribution in [0.4, 0.5) is 0 Å². The second kappa shape index (κ2) is 29.5. The molecule has 3 aliphatic rings. The minimum atomic E-state index is -0.229. The van der Waals surface area contributed by atoms with Gasteiger partial charge in [-0.1, -0.05) is 173 Å². The normalized spacial score (nSPS) is 20.0. The van der Waals surface area contributed by atoms with Gasteiger partial charge in [-0.05, 0) is 69.3 Å². The van der Waals surface area contributed by atoms with Crippen molar-refractivity contribution in [3.05, 3.63) is 23.3 Å². The van der Waals surface area contributed by atoms with E-state index in [1.807, 2.05) is 0 Å². The third-order valence-corrected chi connectivity index (χ3v) is 12.4. The van der Waals surface area contributed by atoms with E-state index in [1.165, 1.54) is 153 Å². The summed E-state index contributed by atoms with van der Waals surface area (Å²) in [6.45, 7) is 12.4. The summed E-state index contributed by atoms with van der Waals surface area (Å²) in [6, 6.07) is 0. The highest BCUT2D eigenvalue weighted by Crippen LogP contribution is 2.35. The molecule has 0 spiro atoms. The van der Waals surface area contributed by atoms with Gasteiger partial charge < -0.3 is 14.2 Å². The van der Waals surface area contributed by atoms with E-state index < -0.39 is 0 Å². The van der Waals surface area contributed by atoms with Crippen LogP contribution < -0.4 is 0 Å². The minimum Gasteiger partial charge on any atom is -0.460 e. The van der Waals surface area contributed by atoms with Crippen molar-refractivity contribution in [2.45, 2.75) is 231 Å². The van der Waals surface area contributed by atoms with Gasteiger partial charge in [-0.15, -0.1) is 0 Å². The Bertz CT molecular complexity index is 954. The van der Waals surface area contributed by atoms with E-state index in [0.717, 1.165) is 64.6 Å². The zero-order chi connectivity index (χ0) is 37.1. The maximum Gasteiger partial charge on any atom is 0.306 e. The number of thiol groups is 1. The second-order valence-electron chi connectivity index (χ2n) is 16.8. The van der Waals surface area contributed by atoms with E-state index in [-0.39, 0.29) is 24.3 Å². The molecule has 0 aromatic heterocycles. The molecule has 1 saturated carbocycles. The summed E-state index contributed by atoms with van der Waals surface area (Å²) in [6.07, 6.45) is 38.0. The van der Waals surface area contributed by atoms with Crippen molar-refractivity contribution in [3.8, 4) is 0 Å². The Morgan fingerprint density at radius 1 is 0.750 bits per heavy atom. The molecule has 2 unspecified atom stereocenters. The van der Waals surface area contributed by atoms with Gasteiger partial charge in [-0.3, -0.25) is 9.10 Å². The monoisotopic (exact) mass is 746 g/mol. The SMILES string of the molecule is C=C(CC[C@@H](OC(=O)CCCCCCCCCCCCC)C1CC(OCC(CCCCCCCCCCCCC)=C2CC2)CO1)C1CCN(S)CC1. The average molecular weight is 746 g/mol. The van der Waals surface area contributed by atoms with Gasteiger partial charge >= 0.3 is 5.97 Å². The van der Waals surface area contributed by atoms with Gasteiger partial charge in [0.05, 0.1) is 25.4 Å². The number of rotatable bonds is 33. The fourth-order valence-electron chi connectivity index (χ4n) is 8.28. The van der Waals surface area contributed by atoms with Crippen molar-refractivity contribution in [1.29, 1.82) is 0 Å². The number of nitrogens with zero attached hydrogens (tertiary/aromatic N) is 1. The molecule has 1 aliphatic carbocycles. The highest BCUT2D eigenvalue weighted by molar-refractivity contribution is 7.77. The molecule has 302 valence electrons. The average Bonchev–Trinajstić information content (AvgIpc) is 3.89. The molecule has 0 N–H and O–H groups in total. The third kappa shape index (κ3) is 21.3. The zero-order valence-corrected chi connectivity index (χ0v) is 35.2. The Morgan fingerprint density at radius 3 is 1.77 bits per heavy atom. The molecule has 2 heterocycles. The van der Waals surface area contributed by atoms with E-state index in [9.17, 15) is 4.79 Å². The molecule has 0 aromatic rings. The van der Waals surface area contributed by atoms with Gasteiger partial charge in [-0.25, -0.2) is 0 Å². The summed E-state index contributed by atoms with van der Waals surface area (Å²) in [7, 11) is 0. The van der Waals surface area contributed by atoms with Crippen LogP contribution in [0, 0.1) is 5.92 Å². The molecule has 3 atom stereocenters. The number of hydrogen-bond acceptors (Lipinski definition) is 6. The number of piperidine rings is 1. The standard InChI is InChI=1S/C46H83NO4S/c1-4-6-8-10-12-14-16-18-20-22-24-26-42(41-29-30-41)37-49-43-36-45(50-38-43)44(31-28-39(3)40-32-34-47(52)35-33-40)51-46(48)27-25-23-21-19-17-15-13-11-9-7-5-2/h40,43-45,52H,3-38H2,1-2H3/t43?,44-,45?/m1/s1. The van der Waals surface area contributed by atoms with Crippen molar-refractivity contribution in [3.63, 3.8) is 0 Å². The Labute approximate surface area is 327 Å². The molecule has 6 heteroatoms. The molecule has 0 radical (unpaired) electrons. The van der Waals surface area contributed by atoms with Crippen LogP contribution in [0.5, 0.6) is 0 Å². The van der Waals surface area contributed by atoms with Gasteiger partial charge in [0, 0.05) is 25.9 Å². The van der Waals surface area contributed by atoms with Crippen LogP contribution in [-0.4, -0.2) is 54.9 Å². The van der Waals surface area contributed by atoms with Crippen LogP contribution in [0.3, 0.4) is 0 Å². The van der Waals surface area contributed by atoms with Gasteiger partial charge in [-0.2, -0.15) is 0 Å². The van der Waals surface area contributed by atoms with Crippen LogP contribution in [0.15, 0.2) is 23.3 Å². The summed E-state index contributed by atoms with van der Waals surface area (Å²) in [4.78, 5) is 13.1. The number of allylic oxidation sites excluding steroid dienone is 2. The first-order valence-corrected chi connectivity index (χ1v) is 23.1. The number of esters is 1. The first kappa shape index (κ1) is 45.6. The molecular formula is C46H83NO4S. The van der Waals surface area contributed by atoms with Crippen LogP contribution in [0.2, 0.25) is 0 Å². The van der Waals surface area contributed by atoms with Crippen LogP contribution >= 0.6 is 12.8 Å². The highest BCUT2D eigenvalue weighted by atomic mass is 32.1. The van der Waals surface area contributed by atoms with Gasteiger partial charge in [0.2, 0.25) is 0 Å². The molecule has 3 fully saturated rings. The van der Waals surface area contributed by atoms with Crippen molar-refractivity contribution in [1.82, 2.24) is 4.31 Å². The van der Waals surface area contributed by atoms with Crippen LogP contribution in [0.1, 0.15) is 213 Å². The third-order valence-electron chi connectivity index (χ3n) is 12.0. The van der Waals surface area contributed by atoms with Gasteiger partial charge in [0.25, 0.3) is 0 Å². The molecule has 0 amide bonds. The smallest absolute Gasteiger partial charge is 0.306 e. The summed E-state index contributed by atoms with van der Waals surface area (Å²) in [5, 5.41) is 0. The molecule has 0 bridgehead atoms. The maximum absolute atomic E-state index is 13.1. The van der Waals surface area contributed by atoms with E-state index >= 15 is 0 Å². The largest absolute Gasteiger partial charge is 0.460 e. The predicted molar refractivity (Wildman–Crippen MR) is 224 cm³/mol. The first-order chi connectivity index (χ1) is 25.5. The molecule has 0 aromatic carbocycles. The van der Waals surface area contributed by atoms with Gasteiger partial charge in [0.15, 0.2) is 0 Å². The maximum atomic E-state index is 13.1. The number of hydrogen-bond donors (Lipinski definition) is 1. The molecule has 2 aliphatic heterocycles. The van der Waals surface area contributed by atoms with Crippen LogP contribution in [-0.2, 0) is 19.0 Å². The lowest BCUT2D eigenvalue weighted by Crippen LogP contribution is -2.32. The lowest BCUT2D eigenvalue weighted by atomic mass is 9.87. The summed E-state index contributed by atoms with van der Waals surface area (Å²) >= 11 is 4.53. The highest BCUT2D eigenvalue weighted by Gasteiger charge is 2.35. The molecule has 3 rings (SSSR count). The number of carbonyl (C=O) groups excluding carboxylic acids is 1. The predicted octanol–water partition coefficient (Wildman–Crippen LogP) is 13.5. The Morgan fingerprint density at radius 2 is 1.25 bits per heavy atom. The van der Waals surface area contributed by atoms with Crippen molar-refractivity contribution in [2.75, 3.05) is 26.3 Å². The zero-order valence-electron chi connectivity index (χ0n) is 34.3. The first-order valence-electron chi connectivity index (χ1n) is 22.7. The van der Waals surface area contributed by atoms with E-state index in [4.69, 9.17) is 14.2 Å². The molecule has 52 heavy (non-hydrogen) atoms. The second-order valence-corrected chi connectivity index (χ2v) is 17.3. The topological polar surface area (TPSA) is 48.0 Å². The van der Waals surface area contributed by atoms with Gasteiger partial charge in [0.1, 0.15) is 6.10 Å². The minimum absolute atomic E-state index is 0.0596. The van der Waals surface area contributed by atoms with Crippen molar-refractivity contribution < 1.29 is 19.0 Å². The van der Waals surface area contributed by atoms with Crippen molar-refractivity contribution in [2.24, 2.45) is 5.92 Å². The van der Waals surface area contributed by atoms with Crippen molar-refractivity contribution >= 4 is 18.8 Å². The number of unbranched alkanes of at least 4 members (excludes halogenated alkanes) is 20. The number of ether oxygens (including phenoxy) is 3. The lowest BCUT2D eigenvalue weighted by Gasteiger charge is -2.30. The molecular weight excluding hydrogens is 663 g/mol. The lowest BCUT2D eigenvalue weighted by molar-refractivity contribution is -0.156. The fourth-order valence-corrected chi connectivity index (χ4v) is 8.51. The van der Waals surface area contributed by atoms with E-state index in [2.05, 4.69) is 37.5 Å².